The Bertz CT molecular complexity index is 580. The van der Waals surface area contributed by atoms with Crippen molar-refractivity contribution >= 4 is 0 Å². The van der Waals surface area contributed by atoms with E-state index in [9.17, 15) is 0 Å². The van der Waals surface area contributed by atoms with Crippen LogP contribution in [0.5, 0.6) is 0 Å². The van der Waals surface area contributed by atoms with Gasteiger partial charge in [0.1, 0.15) is 0 Å². The fourth-order valence-corrected chi connectivity index (χ4v) is 6.67. The zero-order valence-electron chi connectivity index (χ0n) is 18.3. The van der Waals surface area contributed by atoms with Crippen molar-refractivity contribution in [3.8, 4) is 0 Å². The standard InChI is InChI=1S/C23H38O6/c1-15-9-10-19-16(2)20(25-14-13-24-17-7-5-4-6-8-17)26-21-23(19)18(15)11-12-22(3,27-21)28-29-23/h15-21H,4-14H2,1-3H3/t15-,16-,18?,19?,20?,21-,22?,23-/m1/s1. The SMILES string of the molecule is C[C@H]1C(OCCOC2CCCCC2)O[C@@H]2OC3(C)CCC4[C@H](C)CCC1[C@]42OO3. The molecule has 6 rings (SSSR count). The third-order valence-corrected chi connectivity index (χ3v) is 8.37. The van der Waals surface area contributed by atoms with E-state index in [2.05, 4.69) is 13.8 Å². The first-order valence-electron chi connectivity index (χ1n) is 12.0. The molecule has 8 atom stereocenters. The molecule has 166 valence electrons. The second kappa shape index (κ2) is 8.03. The largest absolute Gasteiger partial charge is 0.376 e. The Kier molecular flexibility index (Phi) is 5.72. The number of hydrogen-bond donors (Lipinski definition) is 0. The Hall–Kier alpha value is -0.240. The molecule has 0 aromatic heterocycles. The number of fused-ring (bicyclic) bond motifs is 2. The Balaban J connectivity index is 1.26. The smallest absolute Gasteiger partial charge is 0.201 e. The van der Waals surface area contributed by atoms with Gasteiger partial charge in [0.15, 0.2) is 18.2 Å². The molecule has 2 saturated carbocycles. The molecule has 1 spiro atoms. The molecule has 4 heterocycles. The van der Waals surface area contributed by atoms with Gasteiger partial charge in [-0.1, -0.05) is 33.1 Å². The first-order valence-corrected chi connectivity index (χ1v) is 12.0. The molecule has 4 unspecified atom stereocenters. The molecule has 4 saturated heterocycles. The average Bonchev–Trinajstić information content (AvgIpc) is 2.95. The summed E-state index contributed by atoms with van der Waals surface area (Å²) in [5.74, 6) is 0.791. The maximum Gasteiger partial charge on any atom is 0.201 e. The van der Waals surface area contributed by atoms with Gasteiger partial charge in [-0.05, 0) is 50.9 Å². The van der Waals surface area contributed by atoms with Crippen molar-refractivity contribution in [3.05, 3.63) is 0 Å². The quantitative estimate of drug-likeness (QED) is 0.489. The van der Waals surface area contributed by atoms with Crippen molar-refractivity contribution in [2.45, 2.75) is 109 Å². The number of ether oxygens (including phenoxy) is 4. The van der Waals surface area contributed by atoms with Gasteiger partial charge in [-0.3, -0.25) is 0 Å². The van der Waals surface area contributed by atoms with Gasteiger partial charge in [0.2, 0.25) is 5.79 Å². The molecule has 6 aliphatic rings. The molecular weight excluding hydrogens is 372 g/mol. The highest BCUT2D eigenvalue weighted by atomic mass is 17.3. The van der Waals surface area contributed by atoms with Crippen molar-refractivity contribution < 1.29 is 28.7 Å². The van der Waals surface area contributed by atoms with Gasteiger partial charge in [-0.15, -0.1) is 0 Å². The van der Waals surface area contributed by atoms with E-state index in [1.807, 2.05) is 6.92 Å². The van der Waals surface area contributed by atoms with Crippen LogP contribution < -0.4 is 0 Å². The summed E-state index contributed by atoms with van der Waals surface area (Å²) >= 11 is 0. The van der Waals surface area contributed by atoms with Crippen LogP contribution in [-0.4, -0.2) is 43.3 Å². The zero-order chi connectivity index (χ0) is 20.1. The normalized spacial score (nSPS) is 50.2. The lowest BCUT2D eigenvalue weighted by Crippen LogP contribution is -2.70. The highest BCUT2D eigenvalue weighted by molar-refractivity contribution is 5.09. The highest BCUT2D eigenvalue weighted by Gasteiger charge is 2.69. The number of hydrogen-bond acceptors (Lipinski definition) is 6. The first kappa shape index (κ1) is 20.7. The van der Waals surface area contributed by atoms with Crippen LogP contribution in [0.15, 0.2) is 0 Å². The van der Waals surface area contributed by atoms with Crippen LogP contribution in [-0.2, 0) is 28.7 Å². The van der Waals surface area contributed by atoms with Crippen molar-refractivity contribution in [2.75, 3.05) is 13.2 Å². The van der Waals surface area contributed by atoms with E-state index in [0.29, 0.717) is 37.1 Å². The van der Waals surface area contributed by atoms with E-state index in [4.69, 9.17) is 28.7 Å². The molecule has 6 fully saturated rings. The maximum absolute atomic E-state index is 6.44. The van der Waals surface area contributed by atoms with E-state index in [1.165, 1.54) is 38.5 Å². The summed E-state index contributed by atoms with van der Waals surface area (Å²) in [6.45, 7) is 7.73. The molecule has 0 aromatic rings. The van der Waals surface area contributed by atoms with Gasteiger partial charge in [0.05, 0.1) is 19.3 Å². The van der Waals surface area contributed by atoms with Crippen LogP contribution >= 0.6 is 0 Å². The first-order chi connectivity index (χ1) is 14.0. The van der Waals surface area contributed by atoms with Crippen LogP contribution in [0.1, 0.15) is 78.6 Å². The molecule has 2 aliphatic carbocycles. The van der Waals surface area contributed by atoms with E-state index >= 15 is 0 Å². The minimum atomic E-state index is -0.729. The summed E-state index contributed by atoms with van der Waals surface area (Å²) in [6.07, 6.45) is 10.2. The lowest BCUT2D eigenvalue weighted by atomic mass is 9.58. The van der Waals surface area contributed by atoms with Crippen LogP contribution in [0, 0.1) is 23.7 Å². The fraction of sp³-hybridized carbons (Fsp3) is 1.00. The van der Waals surface area contributed by atoms with Crippen LogP contribution in [0.2, 0.25) is 0 Å². The molecule has 0 amide bonds. The molecule has 0 N–H and O–H groups in total. The summed E-state index contributed by atoms with van der Waals surface area (Å²) in [5, 5.41) is 0. The topological polar surface area (TPSA) is 55.4 Å². The van der Waals surface area contributed by atoms with Gasteiger partial charge in [0.25, 0.3) is 0 Å². The average molecular weight is 411 g/mol. The van der Waals surface area contributed by atoms with Crippen LogP contribution in [0.4, 0.5) is 0 Å². The zero-order valence-corrected chi connectivity index (χ0v) is 18.3. The third kappa shape index (κ3) is 3.58. The molecular formula is C23H38O6. The van der Waals surface area contributed by atoms with Crippen LogP contribution in [0.25, 0.3) is 0 Å². The number of rotatable bonds is 5. The van der Waals surface area contributed by atoms with Crippen molar-refractivity contribution in [1.29, 1.82) is 0 Å². The van der Waals surface area contributed by atoms with Crippen molar-refractivity contribution in [3.63, 3.8) is 0 Å². The van der Waals surface area contributed by atoms with E-state index in [1.54, 1.807) is 0 Å². The molecule has 4 aliphatic heterocycles. The highest BCUT2D eigenvalue weighted by Crippen LogP contribution is 2.60. The van der Waals surface area contributed by atoms with Gasteiger partial charge in [0, 0.05) is 18.3 Å². The Morgan fingerprint density at radius 3 is 2.48 bits per heavy atom. The fourth-order valence-electron chi connectivity index (χ4n) is 6.67. The Morgan fingerprint density at radius 2 is 1.66 bits per heavy atom. The Morgan fingerprint density at radius 1 is 0.862 bits per heavy atom. The minimum Gasteiger partial charge on any atom is -0.376 e. The predicted molar refractivity (Wildman–Crippen MR) is 106 cm³/mol. The summed E-state index contributed by atoms with van der Waals surface area (Å²) in [7, 11) is 0. The van der Waals surface area contributed by atoms with E-state index < -0.39 is 17.7 Å². The molecule has 0 aromatic carbocycles. The lowest BCUT2D eigenvalue weighted by molar-refractivity contribution is -0.577. The van der Waals surface area contributed by atoms with E-state index in [-0.39, 0.29) is 12.2 Å². The van der Waals surface area contributed by atoms with Crippen LogP contribution in [0.3, 0.4) is 0 Å². The van der Waals surface area contributed by atoms with E-state index in [0.717, 1.165) is 19.3 Å². The molecule has 6 heteroatoms. The van der Waals surface area contributed by atoms with Gasteiger partial charge < -0.3 is 18.9 Å². The molecule has 6 nitrogen and oxygen atoms in total. The molecule has 0 radical (unpaired) electrons. The minimum absolute atomic E-state index is 0.227. The molecule has 29 heavy (non-hydrogen) atoms. The van der Waals surface area contributed by atoms with Gasteiger partial charge in [-0.25, -0.2) is 9.78 Å². The predicted octanol–water partition coefficient (Wildman–Crippen LogP) is 4.56. The summed E-state index contributed by atoms with van der Waals surface area (Å²) in [6, 6.07) is 0. The maximum atomic E-state index is 6.44. The van der Waals surface area contributed by atoms with Gasteiger partial charge >= 0.3 is 0 Å². The monoisotopic (exact) mass is 410 g/mol. The van der Waals surface area contributed by atoms with Crippen molar-refractivity contribution in [2.24, 2.45) is 23.7 Å². The second-order valence-electron chi connectivity index (χ2n) is 10.3. The van der Waals surface area contributed by atoms with Crippen molar-refractivity contribution in [1.82, 2.24) is 0 Å². The summed E-state index contributed by atoms with van der Waals surface area (Å²) in [4.78, 5) is 12.0. The van der Waals surface area contributed by atoms with Gasteiger partial charge in [-0.2, -0.15) is 0 Å². The lowest BCUT2D eigenvalue weighted by Gasteiger charge is -2.60. The summed E-state index contributed by atoms with van der Waals surface area (Å²) < 4.78 is 25.1. The third-order valence-electron chi connectivity index (χ3n) is 8.37. The Labute approximate surface area is 174 Å². The summed E-state index contributed by atoms with van der Waals surface area (Å²) in [5.41, 5.74) is -0.508. The second-order valence-corrected chi connectivity index (χ2v) is 10.3. The molecule has 2 bridgehead atoms.